The second kappa shape index (κ2) is 6.00. The van der Waals surface area contributed by atoms with Crippen LogP contribution in [0.3, 0.4) is 0 Å². The van der Waals surface area contributed by atoms with E-state index >= 15 is 0 Å². The van der Waals surface area contributed by atoms with Crippen molar-refractivity contribution < 1.29 is 9.59 Å². The van der Waals surface area contributed by atoms with Crippen LogP contribution in [0.5, 0.6) is 0 Å². The van der Waals surface area contributed by atoms with Crippen molar-refractivity contribution in [3.05, 3.63) is 35.4 Å². The molecule has 1 saturated heterocycles. The van der Waals surface area contributed by atoms with Gasteiger partial charge in [-0.25, -0.2) is 0 Å². The smallest absolute Gasteiger partial charge is 0.234 e. The van der Waals surface area contributed by atoms with Gasteiger partial charge >= 0.3 is 0 Å². The number of piperidine rings is 1. The van der Waals surface area contributed by atoms with Gasteiger partial charge in [-0.05, 0) is 29.9 Å². The number of carbonyl (C=O) groups is 2. The van der Waals surface area contributed by atoms with Crippen molar-refractivity contribution in [2.24, 2.45) is 0 Å². The Kier molecular flexibility index (Phi) is 4.35. The zero-order valence-electron chi connectivity index (χ0n) is 11.6. The predicted molar refractivity (Wildman–Crippen MR) is 74.9 cm³/mol. The summed E-state index contributed by atoms with van der Waals surface area (Å²) in [5.41, 5.74) is 2.33. The lowest BCUT2D eigenvalue weighted by atomic mass is 9.88. The molecular formula is C16H21NO2. The monoisotopic (exact) mass is 259 g/mol. The van der Waals surface area contributed by atoms with Gasteiger partial charge in [0.1, 0.15) is 0 Å². The van der Waals surface area contributed by atoms with Crippen molar-refractivity contribution >= 4 is 11.8 Å². The quantitative estimate of drug-likeness (QED) is 0.844. The number of imide groups is 1. The molecule has 1 aromatic rings. The minimum Gasteiger partial charge on any atom is -0.296 e. The molecule has 1 aliphatic heterocycles. The number of nitrogens with one attached hydrogen (secondary N) is 1. The van der Waals surface area contributed by atoms with Gasteiger partial charge in [0.25, 0.3) is 0 Å². The van der Waals surface area contributed by atoms with E-state index in [2.05, 4.69) is 31.3 Å². The summed E-state index contributed by atoms with van der Waals surface area (Å²) < 4.78 is 0. The number of hydrogen-bond donors (Lipinski definition) is 1. The van der Waals surface area contributed by atoms with Crippen molar-refractivity contribution in [2.75, 3.05) is 0 Å². The molecule has 0 aromatic heterocycles. The Morgan fingerprint density at radius 2 is 1.95 bits per heavy atom. The van der Waals surface area contributed by atoms with Gasteiger partial charge in [0.15, 0.2) is 0 Å². The largest absolute Gasteiger partial charge is 0.296 e. The number of rotatable bonds is 4. The summed E-state index contributed by atoms with van der Waals surface area (Å²) in [6.45, 7) is 4.42. The first-order valence-corrected chi connectivity index (χ1v) is 7.05. The summed E-state index contributed by atoms with van der Waals surface area (Å²) in [5.74, 6) is 0.0640. The molecule has 3 nitrogen and oxygen atoms in total. The molecule has 1 fully saturated rings. The Balaban J connectivity index is 2.10. The second-order valence-electron chi connectivity index (χ2n) is 5.36. The lowest BCUT2D eigenvalue weighted by Crippen LogP contribution is -2.39. The fourth-order valence-corrected chi connectivity index (χ4v) is 2.67. The molecular weight excluding hydrogens is 238 g/mol. The van der Waals surface area contributed by atoms with Gasteiger partial charge in [-0.15, -0.1) is 0 Å². The van der Waals surface area contributed by atoms with Gasteiger partial charge in [-0.2, -0.15) is 0 Å². The topological polar surface area (TPSA) is 46.2 Å². The van der Waals surface area contributed by atoms with Crippen LogP contribution in [0.15, 0.2) is 24.3 Å². The average Bonchev–Trinajstić information content (AvgIpc) is 2.39. The molecule has 1 N–H and O–H groups in total. The van der Waals surface area contributed by atoms with Crippen molar-refractivity contribution in [1.29, 1.82) is 0 Å². The molecule has 1 aliphatic rings. The Morgan fingerprint density at radius 1 is 1.26 bits per heavy atom. The zero-order valence-corrected chi connectivity index (χ0v) is 11.6. The first kappa shape index (κ1) is 13.8. The second-order valence-corrected chi connectivity index (χ2v) is 5.36. The molecule has 0 radical (unpaired) electrons. The Hall–Kier alpha value is -1.64. The molecule has 2 atom stereocenters. The summed E-state index contributed by atoms with van der Waals surface area (Å²) in [6.07, 6.45) is 3.41. The first-order valence-electron chi connectivity index (χ1n) is 7.05. The van der Waals surface area contributed by atoms with E-state index in [4.69, 9.17) is 0 Å². The van der Waals surface area contributed by atoms with Crippen LogP contribution in [0.2, 0.25) is 0 Å². The van der Waals surface area contributed by atoms with E-state index in [9.17, 15) is 9.59 Å². The highest BCUT2D eigenvalue weighted by Crippen LogP contribution is 2.27. The van der Waals surface area contributed by atoms with Crippen LogP contribution in [-0.2, 0) is 9.59 Å². The van der Waals surface area contributed by atoms with Crippen LogP contribution in [0.25, 0.3) is 0 Å². The molecule has 2 unspecified atom stereocenters. The molecule has 0 aliphatic carbocycles. The van der Waals surface area contributed by atoms with Crippen molar-refractivity contribution in [2.45, 2.75) is 51.4 Å². The van der Waals surface area contributed by atoms with Gasteiger partial charge in [-0.1, -0.05) is 44.5 Å². The van der Waals surface area contributed by atoms with E-state index in [0.29, 0.717) is 18.8 Å². The lowest BCUT2D eigenvalue weighted by molar-refractivity contribution is -0.134. The zero-order chi connectivity index (χ0) is 13.8. The minimum atomic E-state index is -0.173. The number of benzene rings is 1. The maximum absolute atomic E-state index is 11.8. The van der Waals surface area contributed by atoms with E-state index in [1.54, 1.807) is 0 Å². The molecule has 2 amide bonds. The molecule has 3 heteroatoms. The molecule has 102 valence electrons. The van der Waals surface area contributed by atoms with E-state index in [0.717, 1.165) is 5.56 Å². The van der Waals surface area contributed by atoms with E-state index in [-0.39, 0.29) is 17.7 Å². The fourth-order valence-electron chi connectivity index (χ4n) is 2.67. The number of amides is 2. The maximum atomic E-state index is 11.8. The molecule has 2 rings (SSSR count). The van der Waals surface area contributed by atoms with Crippen LogP contribution in [0.4, 0.5) is 0 Å². The van der Waals surface area contributed by atoms with Crippen LogP contribution < -0.4 is 5.32 Å². The summed E-state index contributed by atoms with van der Waals surface area (Å²) in [4.78, 5) is 22.9. The molecule has 1 aromatic carbocycles. The van der Waals surface area contributed by atoms with Gasteiger partial charge in [-0.3, -0.25) is 14.9 Å². The predicted octanol–water partition coefficient (Wildman–Crippen LogP) is 3.11. The molecule has 19 heavy (non-hydrogen) atoms. The van der Waals surface area contributed by atoms with Crippen LogP contribution in [0, 0.1) is 0 Å². The summed E-state index contributed by atoms with van der Waals surface area (Å²) in [5, 5.41) is 2.41. The highest BCUT2D eigenvalue weighted by atomic mass is 16.2. The Morgan fingerprint density at radius 3 is 2.53 bits per heavy atom. The van der Waals surface area contributed by atoms with Crippen molar-refractivity contribution in [3.63, 3.8) is 0 Å². The van der Waals surface area contributed by atoms with Crippen molar-refractivity contribution in [1.82, 2.24) is 5.32 Å². The molecule has 1 heterocycles. The van der Waals surface area contributed by atoms with E-state index < -0.39 is 0 Å². The Labute approximate surface area is 114 Å². The summed E-state index contributed by atoms with van der Waals surface area (Å²) in [7, 11) is 0. The summed E-state index contributed by atoms with van der Waals surface area (Å²) >= 11 is 0. The van der Waals surface area contributed by atoms with Crippen molar-refractivity contribution in [3.8, 4) is 0 Å². The summed E-state index contributed by atoms with van der Waals surface area (Å²) in [6, 6.07) is 8.28. The van der Waals surface area contributed by atoms with Gasteiger partial charge in [0.05, 0.1) is 5.92 Å². The SMILES string of the molecule is CCCC(C)c1ccc(C2CCC(=O)NC2=O)cc1. The number of hydrogen-bond acceptors (Lipinski definition) is 2. The maximum Gasteiger partial charge on any atom is 0.234 e. The standard InChI is InChI=1S/C16H21NO2/c1-3-4-11(2)12-5-7-13(8-6-12)14-9-10-15(18)17-16(14)19/h5-8,11,14H,3-4,9-10H2,1-2H3,(H,17,18,19). The van der Waals surface area contributed by atoms with Gasteiger partial charge < -0.3 is 0 Å². The van der Waals surface area contributed by atoms with Crippen LogP contribution >= 0.6 is 0 Å². The van der Waals surface area contributed by atoms with Gasteiger partial charge in [0, 0.05) is 6.42 Å². The minimum absolute atomic E-state index is 0.158. The average molecular weight is 259 g/mol. The lowest BCUT2D eigenvalue weighted by Gasteiger charge is -2.21. The van der Waals surface area contributed by atoms with Crippen LogP contribution in [0.1, 0.15) is 62.5 Å². The normalized spacial score (nSPS) is 21.1. The third-order valence-electron chi connectivity index (χ3n) is 3.87. The third-order valence-corrected chi connectivity index (χ3v) is 3.87. The third kappa shape index (κ3) is 3.22. The highest BCUT2D eigenvalue weighted by molar-refractivity contribution is 6.00. The van der Waals surface area contributed by atoms with E-state index in [1.165, 1.54) is 18.4 Å². The highest BCUT2D eigenvalue weighted by Gasteiger charge is 2.27. The molecule has 0 spiro atoms. The number of carbonyl (C=O) groups excluding carboxylic acids is 2. The fraction of sp³-hybridized carbons (Fsp3) is 0.500. The Bertz CT molecular complexity index is 464. The first-order chi connectivity index (χ1) is 9.11. The molecule has 0 saturated carbocycles. The van der Waals surface area contributed by atoms with Gasteiger partial charge in [0.2, 0.25) is 11.8 Å². The van der Waals surface area contributed by atoms with Crippen LogP contribution in [-0.4, -0.2) is 11.8 Å². The molecule has 0 bridgehead atoms. The van der Waals surface area contributed by atoms with E-state index in [1.807, 2.05) is 12.1 Å².